The third kappa shape index (κ3) is 2.04. The van der Waals surface area contributed by atoms with Gasteiger partial charge in [-0.25, -0.2) is 0 Å². The van der Waals surface area contributed by atoms with E-state index in [9.17, 15) is 10.1 Å². The van der Waals surface area contributed by atoms with Gasteiger partial charge in [0, 0.05) is 12.2 Å². The molecule has 0 aliphatic carbocycles. The highest BCUT2D eigenvalue weighted by Gasteiger charge is 2.02. The maximum atomic E-state index is 9.54. The van der Waals surface area contributed by atoms with E-state index in [2.05, 4.69) is 12.2 Å². The van der Waals surface area contributed by atoms with Crippen molar-refractivity contribution in [3.8, 4) is 6.19 Å². The predicted octanol–water partition coefficient (Wildman–Crippen LogP) is -0.381. The van der Waals surface area contributed by atoms with E-state index >= 15 is 0 Å². The van der Waals surface area contributed by atoms with Crippen molar-refractivity contribution in [3.05, 3.63) is 10.1 Å². The highest BCUT2D eigenvalue weighted by molar-refractivity contribution is 7.79. The van der Waals surface area contributed by atoms with Crippen LogP contribution in [0.25, 0.3) is 0 Å². The highest BCUT2D eigenvalue weighted by Crippen LogP contribution is 1.69. The molecule has 0 saturated heterocycles. The lowest BCUT2D eigenvalue weighted by molar-refractivity contribution is -0.349. The summed E-state index contributed by atoms with van der Waals surface area (Å²) in [6.07, 6.45) is 1.32. The van der Waals surface area contributed by atoms with Crippen LogP contribution in [0.1, 0.15) is 0 Å². The molecule has 5 nitrogen and oxygen atoms in total. The Kier molecular flexibility index (Phi) is 2.43. The smallest absolute Gasteiger partial charge is 0.357 e. The van der Waals surface area contributed by atoms with E-state index in [4.69, 9.17) is 5.26 Å². The van der Waals surface area contributed by atoms with E-state index in [1.807, 2.05) is 0 Å². The highest BCUT2D eigenvalue weighted by atomic mass is 32.1. The lowest BCUT2D eigenvalue weighted by Crippen LogP contribution is -2.23. The topological polar surface area (TPSA) is 79.0 Å². The van der Waals surface area contributed by atoms with Crippen LogP contribution >= 0.6 is 12.2 Å². The van der Waals surface area contributed by atoms with Gasteiger partial charge < -0.3 is 10.1 Å². The Morgan fingerprint density at radius 3 is 2.62 bits per heavy atom. The molecule has 42 valence electrons. The molecular weight excluding hydrogens is 130 g/mol. The van der Waals surface area contributed by atoms with Gasteiger partial charge in [0.1, 0.15) is 0 Å². The summed E-state index contributed by atoms with van der Waals surface area (Å²) in [5.41, 5.74) is 0. The van der Waals surface area contributed by atoms with E-state index in [0.717, 1.165) is 0 Å². The van der Waals surface area contributed by atoms with Crippen LogP contribution in [0.2, 0.25) is 0 Å². The first-order valence-corrected chi connectivity index (χ1v) is 1.92. The lowest BCUT2D eigenvalue weighted by Gasteiger charge is -1.87. The van der Waals surface area contributed by atoms with Gasteiger partial charge in [-0.15, -0.1) is 5.26 Å². The first-order valence-electron chi connectivity index (χ1n) is 1.52. The number of rotatable bonds is 0. The molecule has 0 aliphatic heterocycles. The molecule has 0 fully saturated rings. The van der Waals surface area contributed by atoms with Crippen LogP contribution in [0.4, 0.5) is 0 Å². The van der Waals surface area contributed by atoms with Crippen molar-refractivity contribution in [2.75, 3.05) is 0 Å². The third-order valence-electron chi connectivity index (χ3n) is 0.329. The molecular formula is C2HN3O2S. The quantitative estimate of drug-likeness (QED) is 0.159. The molecule has 0 aromatic carbocycles. The summed E-state index contributed by atoms with van der Waals surface area (Å²) >= 11 is 4.04. The van der Waals surface area contributed by atoms with E-state index < -0.39 is 10.0 Å². The minimum Gasteiger partial charge on any atom is -0.357 e. The number of nitriles is 1. The largest absolute Gasteiger partial charge is 0.399 e. The number of nitrogens with one attached hydrogen (secondary N) is 1. The van der Waals surface area contributed by atoms with Crippen molar-refractivity contribution in [2.24, 2.45) is 0 Å². The molecule has 0 aromatic rings. The Morgan fingerprint density at radius 2 is 2.50 bits per heavy atom. The van der Waals surface area contributed by atoms with Crippen LogP contribution in [0.5, 0.6) is 0 Å². The maximum Gasteiger partial charge on any atom is 0.399 e. The summed E-state index contributed by atoms with van der Waals surface area (Å²) in [4.78, 5) is 8.69. The van der Waals surface area contributed by atoms with Crippen molar-refractivity contribution in [2.45, 2.75) is 0 Å². The molecule has 0 spiro atoms. The van der Waals surface area contributed by atoms with Gasteiger partial charge in [0.25, 0.3) is 6.19 Å². The van der Waals surface area contributed by atoms with E-state index in [-0.39, 0.29) is 0 Å². The van der Waals surface area contributed by atoms with Gasteiger partial charge >= 0.3 is 5.11 Å². The standard InChI is InChI=1S/C2HN3O2S/c3-1-4-2(8)5(6)7/h(H,4,8). The molecule has 0 bridgehead atoms. The van der Waals surface area contributed by atoms with Crippen LogP contribution in [-0.4, -0.2) is 10.0 Å². The number of nitro groups is 1. The molecule has 1 N–H and O–H groups in total. The van der Waals surface area contributed by atoms with Gasteiger partial charge in [-0.05, 0) is 4.92 Å². The van der Waals surface area contributed by atoms with Gasteiger partial charge in [0.15, 0.2) is 0 Å². The summed E-state index contributed by atoms with van der Waals surface area (Å²) in [5, 5.41) is 18.3. The second kappa shape index (κ2) is 2.87. The average Bonchev–Trinajstić information content (AvgIpc) is 1.67. The van der Waals surface area contributed by atoms with Gasteiger partial charge in [-0.1, -0.05) is 0 Å². The van der Waals surface area contributed by atoms with Gasteiger partial charge in [-0.2, -0.15) is 5.32 Å². The van der Waals surface area contributed by atoms with Crippen LogP contribution in [0, 0.1) is 21.6 Å². The molecule has 0 aliphatic rings. The SMILES string of the molecule is N#CNC(=S)[N+](=O)[O-]. The van der Waals surface area contributed by atoms with Gasteiger partial charge in [0.05, 0.1) is 0 Å². The van der Waals surface area contributed by atoms with Crippen LogP contribution in [0.15, 0.2) is 0 Å². The average molecular weight is 131 g/mol. The molecule has 0 unspecified atom stereocenters. The number of hydrogen-bond acceptors (Lipinski definition) is 4. The zero-order valence-electron chi connectivity index (χ0n) is 3.62. The van der Waals surface area contributed by atoms with Crippen molar-refractivity contribution in [1.82, 2.24) is 5.32 Å². The fraction of sp³-hybridized carbons (Fsp3) is 0. The number of nitrogens with zero attached hydrogens (tertiary/aromatic N) is 2. The fourth-order valence-corrected chi connectivity index (χ4v) is 0.139. The maximum absolute atomic E-state index is 9.54. The Balaban J connectivity index is 3.71. The molecule has 0 radical (unpaired) electrons. The molecule has 0 atom stereocenters. The fourth-order valence-electron chi connectivity index (χ4n) is 0.0935. The van der Waals surface area contributed by atoms with Crippen LogP contribution < -0.4 is 5.32 Å². The number of hydrogen-bond donors (Lipinski definition) is 1. The van der Waals surface area contributed by atoms with Crippen molar-refractivity contribution in [3.63, 3.8) is 0 Å². The summed E-state index contributed by atoms with van der Waals surface area (Å²) in [6, 6.07) is 0. The lowest BCUT2D eigenvalue weighted by atomic mass is 11.0. The van der Waals surface area contributed by atoms with E-state index in [1.165, 1.54) is 6.19 Å². The van der Waals surface area contributed by atoms with E-state index in [0.29, 0.717) is 0 Å². The van der Waals surface area contributed by atoms with Gasteiger partial charge in [0.2, 0.25) is 0 Å². The first-order chi connectivity index (χ1) is 3.68. The minimum absolute atomic E-state index is 0.674. The number of thiocarbonyl (C=S) groups is 1. The molecule has 0 saturated carbocycles. The molecule has 0 amide bonds. The second-order valence-corrected chi connectivity index (χ2v) is 1.19. The van der Waals surface area contributed by atoms with Crippen molar-refractivity contribution >= 4 is 17.3 Å². The minimum atomic E-state index is -0.849. The zero-order valence-corrected chi connectivity index (χ0v) is 4.44. The Hall–Kier alpha value is -1.22. The molecule has 0 rings (SSSR count). The third-order valence-corrected chi connectivity index (χ3v) is 0.580. The molecule has 8 heavy (non-hydrogen) atoms. The Morgan fingerprint density at radius 1 is 2.00 bits per heavy atom. The monoisotopic (exact) mass is 131 g/mol. The van der Waals surface area contributed by atoms with Crippen LogP contribution in [0.3, 0.4) is 0 Å². The summed E-state index contributed by atoms with van der Waals surface area (Å²) in [7, 11) is 0. The summed E-state index contributed by atoms with van der Waals surface area (Å²) in [5.74, 6) is 0. The summed E-state index contributed by atoms with van der Waals surface area (Å²) in [6.45, 7) is 0. The molecule has 6 heteroatoms. The van der Waals surface area contributed by atoms with Crippen LogP contribution in [-0.2, 0) is 0 Å². The van der Waals surface area contributed by atoms with Crippen molar-refractivity contribution < 1.29 is 4.92 Å². The van der Waals surface area contributed by atoms with Crippen molar-refractivity contribution in [1.29, 1.82) is 5.26 Å². The van der Waals surface area contributed by atoms with E-state index in [1.54, 1.807) is 5.32 Å². The Labute approximate surface area is 50.1 Å². The van der Waals surface area contributed by atoms with Gasteiger partial charge in [-0.3, -0.25) is 0 Å². The zero-order chi connectivity index (χ0) is 6.57. The molecule has 0 aromatic heterocycles. The predicted molar refractivity (Wildman–Crippen MR) is 28.3 cm³/mol. The second-order valence-electron chi connectivity index (χ2n) is 0.799. The molecule has 0 heterocycles. The normalized spacial score (nSPS) is 6.88. The summed E-state index contributed by atoms with van der Waals surface area (Å²) < 4.78 is 0. The Bertz CT molecular complexity index is 159. The first kappa shape index (κ1) is 6.78.